The summed E-state index contributed by atoms with van der Waals surface area (Å²) >= 11 is 10.2. The molecule has 3 rings (SSSR count). The van der Waals surface area contributed by atoms with Crippen LogP contribution in [0, 0.1) is 0 Å². The van der Waals surface area contributed by atoms with Crippen molar-refractivity contribution in [1.82, 2.24) is 0 Å². The van der Waals surface area contributed by atoms with Gasteiger partial charge in [-0.1, -0.05) is 12.1 Å². The maximum absolute atomic E-state index is 12.8. The molecule has 0 aromatic heterocycles. The number of anilines is 1. The highest BCUT2D eigenvalue weighted by atomic mass is 79.9. The van der Waals surface area contributed by atoms with Gasteiger partial charge in [0.1, 0.15) is 5.75 Å². The number of carbonyl (C=O) groups is 2. The van der Waals surface area contributed by atoms with Gasteiger partial charge < -0.3 is 4.74 Å². The van der Waals surface area contributed by atoms with Crippen LogP contribution in [-0.2, 0) is 0 Å². The van der Waals surface area contributed by atoms with Crippen molar-refractivity contribution in [3.63, 3.8) is 0 Å². The number of para-hydroxylation sites is 2. The first kappa shape index (κ1) is 16.7. The van der Waals surface area contributed by atoms with Gasteiger partial charge in [-0.15, -0.1) is 0 Å². The number of amides is 2. The van der Waals surface area contributed by atoms with E-state index in [4.69, 9.17) is 4.74 Å². The molecule has 0 bridgehead atoms. The third-order valence-corrected chi connectivity index (χ3v) is 6.72. The second-order valence-electron chi connectivity index (χ2n) is 4.76. The molecule has 118 valence electrons. The van der Waals surface area contributed by atoms with Crippen molar-refractivity contribution in [2.45, 2.75) is 6.92 Å². The van der Waals surface area contributed by atoms with E-state index in [-0.39, 0.29) is 11.8 Å². The Morgan fingerprint density at radius 3 is 2.43 bits per heavy atom. The smallest absolute Gasteiger partial charge is 0.267 e. The number of ether oxygens (including phenoxy) is 1. The predicted molar refractivity (Wildman–Crippen MR) is 98.3 cm³/mol. The number of rotatable bonds is 3. The van der Waals surface area contributed by atoms with Crippen molar-refractivity contribution >= 4 is 65.3 Å². The molecule has 0 fully saturated rings. The molecule has 7 heteroatoms. The Hall–Kier alpha value is -1.18. The highest BCUT2D eigenvalue weighted by Crippen LogP contribution is 2.42. The van der Waals surface area contributed by atoms with E-state index in [2.05, 4.69) is 47.8 Å². The third-order valence-electron chi connectivity index (χ3n) is 3.42. The number of nitrogens with zero attached hydrogens (tertiary/aromatic N) is 1. The average molecular weight is 504 g/mol. The first-order valence-electron chi connectivity index (χ1n) is 6.75. The Morgan fingerprint density at radius 2 is 1.74 bits per heavy atom. The number of halogens is 3. The number of benzene rings is 2. The lowest BCUT2D eigenvalue weighted by Gasteiger charge is -2.17. The quantitative estimate of drug-likeness (QED) is 0.428. The highest BCUT2D eigenvalue weighted by molar-refractivity contribution is 9.14. The molecule has 2 aromatic carbocycles. The van der Waals surface area contributed by atoms with Gasteiger partial charge in [-0.25, -0.2) is 4.90 Å². The van der Waals surface area contributed by atoms with Gasteiger partial charge in [0.15, 0.2) is 0 Å². The molecule has 4 nitrogen and oxygen atoms in total. The third kappa shape index (κ3) is 2.64. The molecule has 0 atom stereocenters. The SMILES string of the molecule is CCOc1ccccc1N1C(=O)c2cc(Br)c(Br)c(Br)c2C1=O. The van der Waals surface area contributed by atoms with Crippen LogP contribution in [0.5, 0.6) is 5.75 Å². The second-order valence-corrected chi connectivity index (χ2v) is 7.20. The summed E-state index contributed by atoms with van der Waals surface area (Å²) in [6.07, 6.45) is 0. The normalized spacial score (nSPS) is 13.5. The Morgan fingerprint density at radius 1 is 1.04 bits per heavy atom. The molecule has 0 saturated heterocycles. The van der Waals surface area contributed by atoms with E-state index in [1.165, 1.54) is 0 Å². The van der Waals surface area contributed by atoms with Gasteiger partial charge >= 0.3 is 0 Å². The molecule has 0 spiro atoms. The maximum Gasteiger partial charge on any atom is 0.267 e. The van der Waals surface area contributed by atoms with Crippen molar-refractivity contribution in [3.8, 4) is 5.75 Å². The molecule has 23 heavy (non-hydrogen) atoms. The number of hydrogen-bond acceptors (Lipinski definition) is 3. The Balaban J connectivity index is 2.17. The Kier molecular flexibility index (Phi) is 4.62. The topological polar surface area (TPSA) is 46.6 Å². The molecule has 0 saturated carbocycles. The summed E-state index contributed by atoms with van der Waals surface area (Å²) in [5.41, 5.74) is 1.14. The summed E-state index contributed by atoms with van der Waals surface area (Å²) in [5, 5.41) is 0. The predicted octanol–water partition coefficient (Wildman–Crippen LogP) is 5.17. The second kappa shape index (κ2) is 6.37. The first-order valence-corrected chi connectivity index (χ1v) is 9.13. The molecule has 0 aliphatic carbocycles. The number of fused-ring (bicyclic) bond motifs is 1. The minimum atomic E-state index is -0.378. The van der Waals surface area contributed by atoms with Gasteiger partial charge in [0.2, 0.25) is 0 Å². The van der Waals surface area contributed by atoms with Gasteiger partial charge in [0.05, 0.1) is 23.4 Å². The van der Waals surface area contributed by atoms with E-state index in [1.54, 1.807) is 30.3 Å². The lowest BCUT2D eigenvalue weighted by molar-refractivity contribution is 0.0924. The minimum absolute atomic E-state index is 0.344. The summed E-state index contributed by atoms with van der Waals surface area (Å²) in [4.78, 5) is 26.8. The van der Waals surface area contributed by atoms with Crippen LogP contribution in [0.2, 0.25) is 0 Å². The van der Waals surface area contributed by atoms with Crippen LogP contribution >= 0.6 is 47.8 Å². The standard InChI is InChI=1S/C16H10Br3NO3/c1-2-23-11-6-4-3-5-10(11)20-15(21)8-7-9(17)13(18)14(19)12(8)16(20)22/h3-7H,2H2,1H3. The fourth-order valence-corrected chi connectivity index (χ4v) is 4.04. The highest BCUT2D eigenvalue weighted by Gasteiger charge is 2.40. The van der Waals surface area contributed by atoms with Crippen molar-refractivity contribution < 1.29 is 14.3 Å². The summed E-state index contributed by atoms with van der Waals surface area (Å²) in [7, 11) is 0. The van der Waals surface area contributed by atoms with E-state index >= 15 is 0 Å². The maximum atomic E-state index is 12.8. The summed E-state index contributed by atoms with van der Waals surface area (Å²) in [6, 6.07) is 8.65. The Bertz CT molecular complexity index is 836. The monoisotopic (exact) mass is 501 g/mol. The zero-order valence-corrected chi connectivity index (χ0v) is 16.7. The van der Waals surface area contributed by atoms with Crippen molar-refractivity contribution in [2.75, 3.05) is 11.5 Å². The molecule has 2 aromatic rings. The van der Waals surface area contributed by atoms with Crippen LogP contribution in [0.1, 0.15) is 27.6 Å². The average Bonchev–Trinajstić information content (AvgIpc) is 2.77. The fraction of sp³-hybridized carbons (Fsp3) is 0.125. The van der Waals surface area contributed by atoms with E-state index in [0.29, 0.717) is 42.6 Å². The van der Waals surface area contributed by atoms with Crippen LogP contribution in [0.4, 0.5) is 5.69 Å². The van der Waals surface area contributed by atoms with Gasteiger partial charge in [-0.2, -0.15) is 0 Å². The number of carbonyl (C=O) groups excluding carboxylic acids is 2. The molecule has 0 unspecified atom stereocenters. The van der Waals surface area contributed by atoms with Crippen molar-refractivity contribution in [3.05, 3.63) is 54.9 Å². The molecule has 2 amide bonds. The number of hydrogen-bond donors (Lipinski definition) is 0. The van der Waals surface area contributed by atoms with Crippen LogP contribution in [0.25, 0.3) is 0 Å². The van der Waals surface area contributed by atoms with Gasteiger partial charge in [-0.05, 0) is 72.9 Å². The zero-order chi connectivity index (χ0) is 16.7. The summed E-state index contributed by atoms with van der Waals surface area (Å²) in [5.74, 6) is -0.248. The lowest BCUT2D eigenvalue weighted by atomic mass is 10.1. The fourth-order valence-electron chi connectivity index (χ4n) is 2.44. The summed E-state index contributed by atoms with van der Waals surface area (Å²) in [6.45, 7) is 2.30. The summed E-state index contributed by atoms with van der Waals surface area (Å²) < 4.78 is 7.49. The lowest BCUT2D eigenvalue weighted by Crippen LogP contribution is -2.29. The number of imide groups is 1. The van der Waals surface area contributed by atoms with Gasteiger partial charge in [0.25, 0.3) is 11.8 Å². The molecular formula is C16H10Br3NO3. The minimum Gasteiger partial charge on any atom is -0.492 e. The Labute approximate surface area is 158 Å². The van der Waals surface area contributed by atoms with Crippen LogP contribution in [-0.4, -0.2) is 18.4 Å². The van der Waals surface area contributed by atoms with Crippen LogP contribution < -0.4 is 9.64 Å². The molecule has 0 radical (unpaired) electrons. The molecule has 1 aliphatic rings. The molecule has 1 heterocycles. The van der Waals surface area contributed by atoms with E-state index in [9.17, 15) is 9.59 Å². The van der Waals surface area contributed by atoms with Crippen LogP contribution in [0.3, 0.4) is 0 Å². The van der Waals surface area contributed by atoms with Crippen molar-refractivity contribution in [1.29, 1.82) is 0 Å². The van der Waals surface area contributed by atoms with Crippen LogP contribution in [0.15, 0.2) is 43.7 Å². The molecule has 0 N–H and O–H groups in total. The van der Waals surface area contributed by atoms with E-state index < -0.39 is 0 Å². The van der Waals surface area contributed by atoms with Gasteiger partial charge in [0, 0.05) is 13.4 Å². The van der Waals surface area contributed by atoms with E-state index in [0.717, 1.165) is 4.90 Å². The largest absolute Gasteiger partial charge is 0.492 e. The molecular weight excluding hydrogens is 494 g/mol. The van der Waals surface area contributed by atoms with Gasteiger partial charge in [-0.3, -0.25) is 9.59 Å². The molecule has 1 aliphatic heterocycles. The van der Waals surface area contributed by atoms with E-state index in [1.807, 2.05) is 6.92 Å². The first-order chi connectivity index (χ1) is 11.0. The van der Waals surface area contributed by atoms with Crippen molar-refractivity contribution in [2.24, 2.45) is 0 Å². The zero-order valence-electron chi connectivity index (χ0n) is 11.9.